The van der Waals surface area contributed by atoms with Crippen LogP contribution in [0, 0.1) is 5.41 Å². The highest BCUT2D eigenvalue weighted by molar-refractivity contribution is 6.29. The third-order valence-corrected chi connectivity index (χ3v) is 6.13. The quantitative estimate of drug-likeness (QED) is 0.458. The number of halogens is 1. The van der Waals surface area contributed by atoms with Crippen LogP contribution in [-0.4, -0.2) is 53.0 Å². The van der Waals surface area contributed by atoms with Crippen LogP contribution in [0.5, 0.6) is 0 Å². The van der Waals surface area contributed by atoms with E-state index in [0.717, 1.165) is 43.1 Å². The molecule has 0 spiro atoms. The number of alkyl carbamates (subject to hydrolysis) is 1. The molecule has 1 heterocycles. The summed E-state index contributed by atoms with van der Waals surface area (Å²) in [6.45, 7) is 24.1. The van der Waals surface area contributed by atoms with Crippen molar-refractivity contribution in [2.75, 3.05) is 13.1 Å². The van der Waals surface area contributed by atoms with E-state index in [1.54, 1.807) is 0 Å². The molecule has 3 atom stereocenters. The van der Waals surface area contributed by atoms with E-state index in [0.29, 0.717) is 0 Å². The summed E-state index contributed by atoms with van der Waals surface area (Å²) in [6.07, 6.45) is 6.31. The molecule has 31 heavy (non-hydrogen) atoms. The number of hydrogen-bond donors (Lipinski definition) is 1. The summed E-state index contributed by atoms with van der Waals surface area (Å²) in [5.74, 6) is 0. The first-order valence-corrected chi connectivity index (χ1v) is 11.8. The SMILES string of the molecule is C=CC(=N[C@H](C)C(C)(/C=C(/Cl)CC)N1CCCC(NC(=O)OC(C)(C)C)C1)C(C)(C)C. The van der Waals surface area contributed by atoms with Crippen LogP contribution < -0.4 is 5.32 Å². The van der Waals surface area contributed by atoms with Crippen LogP contribution in [0.3, 0.4) is 0 Å². The lowest BCUT2D eigenvalue weighted by Gasteiger charge is -2.46. The van der Waals surface area contributed by atoms with E-state index in [9.17, 15) is 4.79 Å². The van der Waals surface area contributed by atoms with Gasteiger partial charge in [0.05, 0.1) is 11.6 Å². The van der Waals surface area contributed by atoms with Crippen molar-refractivity contribution in [3.05, 3.63) is 23.8 Å². The van der Waals surface area contributed by atoms with Crippen molar-refractivity contribution >= 4 is 23.4 Å². The van der Waals surface area contributed by atoms with Gasteiger partial charge in [-0.15, -0.1) is 0 Å². The average Bonchev–Trinajstić information content (AvgIpc) is 2.63. The van der Waals surface area contributed by atoms with Gasteiger partial charge >= 0.3 is 6.09 Å². The standard InChI is InChI=1S/C25H44ClN3O2/c1-11-19(26)16-25(10,18(3)27-21(12-2)23(4,5)6)29-15-13-14-20(17-29)28-22(30)31-24(7,8)9/h12,16,18,20H,2,11,13-15,17H2,1,3-10H3,(H,28,30)/b19-16+,27-21?/t18-,20?,25?/m1/s1. The largest absolute Gasteiger partial charge is 0.444 e. The first kappa shape index (κ1) is 27.7. The molecule has 178 valence electrons. The monoisotopic (exact) mass is 453 g/mol. The fourth-order valence-electron chi connectivity index (χ4n) is 3.79. The van der Waals surface area contributed by atoms with Crippen molar-refractivity contribution in [3.8, 4) is 0 Å². The van der Waals surface area contributed by atoms with Crippen LogP contribution in [0.15, 0.2) is 28.8 Å². The average molecular weight is 454 g/mol. The van der Waals surface area contributed by atoms with E-state index in [-0.39, 0.29) is 29.1 Å². The van der Waals surface area contributed by atoms with Gasteiger partial charge in [-0.25, -0.2) is 4.79 Å². The van der Waals surface area contributed by atoms with E-state index in [2.05, 4.69) is 64.4 Å². The van der Waals surface area contributed by atoms with E-state index in [1.165, 1.54) is 0 Å². The number of piperidine rings is 1. The van der Waals surface area contributed by atoms with Gasteiger partial charge in [-0.3, -0.25) is 9.89 Å². The van der Waals surface area contributed by atoms with Crippen LogP contribution in [0.2, 0.25) is 0 Å². The summed E-state index contributed by atoms with van der Waals surface area (Å²) in [7, 11) is 0. The van der Waals surface area contributed by atoms with Gasteiger partial charge in [0.15, 0.2) is 0 Å². The molecule has 0 aromatic heterocycles. The van der Waals surface area contributed by atoms with Gasteiger partial charge in [0, 0.05) is 28.7 Å². The Morgan fingerprint density at radius 1 is 1.29 bits per heavy atom. The van der Waals surface area contributed by atoms with E-state index in [4.69, 9.17) is 21.3 Å². The number of carbonyl (C=O) groups is 1. The minimum Gasteiger partial charge on any atom is -0.444 e. The zero-order valence-electron chi connectivity index (χ0n) is 21.1. The number of amides is 1. The minimum absolute atomic E-state index is 0.0226. The number of nitrogens with zero attached hydrogens (tertiary/aromatic N) is 2. The fraction of sp³-hybridized carbons (Fsp3) is 0.760. The van der Waals surface area contributed by atoms with Crippen molar-refractivity contribution in [3.63, 3.8) is 0 Å². The molecular weight excluding hydrogens is 410 g/mol. The molecule has 1 fully saturated rings. The van der Waals surface area contributed by atoms with Gasteiger partial charge in [0.2, 0.25) is 0 Å². The topological polar surface area (TPSA) is 53.9 Å². The molecule has 2 unspecified atom stereocenters. The highest BCUT2D eigenvalue weighted by Crippen LogP contribution is 2.31. The van der Waals surface area contributed by atoms with E-state index < -0.39 is 5.60 Å². The highest BCUT2D eigenvalue weighted by atomic mass is 35.5. The smallest absolute Gasteiger partial charge is 0.407 e. The summed E-state index contributed by atoms with van der Waals surface area (Å²) < 4.78 is 5.46. The molecule has 0 bridgehead atoms. The number of rotatable bonds is 7. The van der Waals surface area contributed by atoms with Gasteiger partial charge in [-0.1, -0.05) is 45.9 Å². The predicted octanol–water partition coefficient (Wildman–Crippen LogP) is 6.33. The lowest BCUT2D eigenvalue weighted by atomic mass is 9.85. The molecule has 1 N–H and O–H groups in total. The Labute approximate surface area is 195 Å². The maximum atomic E-state index is 12.3. The van der Waals surface area contributed by atoms with Crippen LogP contribution in [0.1, 0.15) is 81.6 Å². The van der Waals surface area contributed by atoms with Gasteiger partial charge in [0.1, 0.15) is 5.60 Å². The molecule has 0 aromatic carbocycles. The summed E-state index contributed by atoms with van der Waals surface area (Å²) >= 11 is 6.54. The Morgan fingerprint density at radius 3 is 2.39 bits per heavy atom. The van der Waals surface area contributed by atoms with Gasteiger partial charge in [0.25, 0.3) is 0 Å². The number of hydrogen-bond acceptors (Lipinski definition) is 4. The van der Waals surface area contributed by atoms with Crippen LogP contribution in [0.4, 0.5) is 4.79 Å². The van der Waals surface area contributed by atoms with Crippen molar-refractivity contribution in [2.24, 2.45) is 10.4 Å². The summed E-state index contributed by atoms with van der Waals surface area (Å²) in [4.78, 5) is 19.8. The van der Waals surface area contributed by atoms with Crippen molar-refractivity contribution in [2.45, 2.75) is 105 Å². The molecule has 1 rings (SSSR count). The minimum atomic E-state index is -0.512. The second-order valence-corrected chi connectivity index (χ2v) is 11.2. The molecule has 0 aromatic rings. The highest BCUT2D eigenvalue weighted by Gasteiger charge is 2.39. The number of carbonyl (C=O) groups excluding carboxylic acids is 1. The Bertz CT molecular complexity index is 688. The maximum absolute atomic E-state index is 12.3. The van der Waals surface area contributed by atoms with Gasteiger partial charge in [-0.2, -0.15) is 0 Å². The van der Waals surface area contributed by atoms with E-state index >= 15 is 0 Å². The molecule has 0 aliphatic carbocycles. The summed E-state index contributed by atoms with van der Waals surface area (Å²) in [6, 6.07) is -0.0188. The molecule has 1 aliphatic rings. The normalized spacial score (nSPS) is 22.5. The lowest BCUT2D eigenvalue weighted by Crippen LogP contribution is -2.59. The van der Waals surface area contributed by atoms with Crippen LogP contribution in [-0.2, 0) is 4.74 Å². The molecule has 5 nitrogen and oxygen atoms in total. The van der Waals surface area contributed by atoms with Gasteiger partial charge < -0.3 is 10.1 Å². The number of allylic oxidation sites excluding steroid dienone is 2. The molecule has 0 saturated carbocycles. The molecule has 0 radical (unpaired) electrons. The predicted molar refractivity (Wildman–Crippen MR) is 133 cm³/mol. The second kappa shape index (κ2) is 11.0. The number of aliphatic imine (C=N–C) groups is 1. The summed E-state index contributed by atoms with van der Waals surface area (Å²) in [5, 5.41) is 3.87. The number of ether oxygens (including phenoxy) is 1. The fourth-order valence-corrected chi connectivity index (χ4v) is 4.01. The zero-order valence-corrected chi connectivity index (χ0v) is 21.9. The zero-order chi connectivity index (χ0) is 24.0. The van der Waals surface area contributed by atoms with Crippen molar-refractivity contribution in [1.82, 2.24) is 10.2 Å². The van der Waals surface area contributed by atoms with Crippen LogP contribution in [0.25, 0.3) is 0 Å². The second-order valence-electron chi connectivity index (χ2n) is 10.7. The first-order valence-electron chi connectivity index (χ1n) is 11.4. The van der Waals surface area contributed by atoms with E-state index in [1.807, 2.05) is 26.8 Å². The molecule has 1 saturated heterocycles. The Kier molecular flexibility index (Phi) is 9.83. The van der Waals surface area contributed by atoms with Crippen LogP contribution >= 0.6 is 11.6 Å². The Morgan fingerprint density at radius 2 is 1.90 bits per heavy atom. The maximum Gasteiger partial charge on any atom is 0.407 e. The third kappa shape index (κ3) is 8.61. The number of nitrogens with one attached hydrogen (secondary N) is 1. The van der Waals surface area contributed by atoms with Gasteiger partial charge in [-0.05, 0) is 72.6 Å². The molecular formula is C25H44ClN3O2. The number of likely N-dealkylation sites (tertiary alicyclic amines) is 1. The molecule has 1 aliphatic heterocycles. The third-order valence-electron chi connectivity index (χ3n) is 5.75. The van der Waals surface area contributed by atoms with Crippen molar-refractivity contribution < 1.29 is 9.53 Å². The van der Waals surface area contributed by atoms with Crippen molar-refractivity contribution in [1.29, 1.82) is 0 Å². The molecule has 6 heteroatoms. The molecule has 1 amide bonds. The lowest BCUT2D eigenvalue weighted by molar-refractivity contribution is 0.0408. The first-order chi connectivity index (χ1) is 14.1. The Hall–Kier alpha value is -1.33. The Balaban J connectivity index is 3.18. The summed E-state index contributed by atoms with van der Waals surface area (Å²) in [5.41, 5.74) is -0.00639.